The van der Waals surface area contributed by atoms with Crippen LogP contribution in [0.15, 0.2) is 42.5 Å². The van der Waals surface area contributed by atoms with Crippen LogP contribution in [0.5, 0.6) is 5.75 Å². The summed E-state index contributed by atoms with van der Waals surface area (Å²) >= 11 is 0. The Balaban J connectivity index is 2.28. The van der Waals surface area contributed by atoms with Crippen molar-refractivity contribution >= 4 is 0 Å². The first-order valence-electron chi connectivity index (χ1n) is 5.16. The molecule has 0 saturated carbocycles. The lowest BCUT2D eigenvalue weighted by Gasteiger charge is -2.20. The molecule has 0 amide bonds. The largest absolute Gasteiger partial charge is 0.488 e. The Morgan fingerprint density at radius 1 is 1.00 bits per heavy atom. The van der Waals surface area contributed by atoms with Crippen molar-refractivity contribution in [1.29, 1.82) is 0 Å². The molecule has 1 heteroatoms. The molecule has 1 aliphatic rings. The highest BCUT2D eigenvalue weighted by Crippen LogP contribution is 2.37. The van der Waals surface area contributed by atoms with E-state index < -0.39 is 0 Å². The molecular formula is C14H12O. The van der Waals surface area contributed by atoms with Crippen LogP contribution in [0.1, 0.15) is 11.1 Å². The van der Waals surface area contributed by atoms with Crippen molar-refractivity contribution in [3.05, 3.63) is 53.6 Å². The molecule has 0 saturated heterocycles. The van der Waals surface area contributed by atoms with Gasteiger partial charge in [0.2, 0.25) is 0 Å². The first-order valence-corrected chi connectivity index (χ1v) is 5.16. The normalized spacial score (nSPS) is 12.6. The number of fused-ring (bicyclic) bond motifs is 3. The quantitative estimate of drug-likeness (QED) is 0.626. The molecular weight excluding hydrogens is 184 g/mol. The van der Waals surface area contributed by atoms with E-state index in [1.807, 2.05) is 12.1 Å². The molecule has 0 fully saturated rings. The minimum absolute atomic E-state index is 0.687. The van der Waals surface area contributed by atoms with Gasteiger partial charge in [-0.1, -0.05) is 42.0 Å². The van der Waals surface area contributed by atoms with E-state index >= 15 is 0 Å². The molecule has 2 aromatic carbocycles. The Kier molecular flexibility index (Phi) is 1.78. The van der Waals surface area contributed by atoms with Gasteiger partial charge in [-0.25, -0.2) is 0 Å². The van der Waals surface area contributed by atoms with E-state index in [1.54, 1.807) is 0 Å². The average Bonchev–Trinajstić information content (AvgIpc) is 2.29. The topological polar surface area (TPSA) is 9.23 Å². The zero-order chi connectivity index (χ0) is 10.3. The number of para-hydroxylation sites is 1. The summed E-state index contributed by atoms with van der Waals surface area (Å²) in [6.07, 6.45) is 0. The molecule has 1 heterocycles. The molecule has 0 aromatic heterocycles. The van der Waals surface area contributed by atoms with E-state index in [1.165, 1.54) is 22.3 Å². The summed E-state index contributed by atoms with van der Waals surface area (Å²) < 4.78 is 5.69. The number of ether oxygens (including phenoxy) is 1. The Hall–Kier alpha value is -1.76. The van der Waals surface area contributed by atoms with Crippen LogP contribution in [0.25, 0.3) is 11.1 Å². The van der Waals surface area contributed by atoms with Gasteiger partial charge in [0.05, 0.1) is 0 Å². The van der Waals surface area contributed by atoms with Gasteiger partial charge in [0.1, 0.15) is 12.4 Å². The van der Waals surface area contributed by atoms with Crippen LogP contribution in [0.4, 0.5) is 0 Å². The third-order valence-electron chi connectivity index (χ3n) is 2.83. The summed E-state index contributed by atoms with van der Waals surface area (Å²) in [7, 11) is 0. The maximum Gasteiger partial charge on any atom is 0.127 e. The van der Waals surface area contributed by atoms with E-state index in [-0.39, 0.29) is 0 Å². The van der Waals surface area contributed by atoms with Crippen LogP contribution in [-0.2, 0) is 6.61 Å². The Bertz CT molecular complexity index is 514. The lowest BCUT2D eigenvalue weighted by Crippen LogP contribution is -2.05. The SMILES string of the molecule is Cc1ccc2c(c1)-c1ccccc1OC2. The van der Waals surface area contributed by atoms with Gasteiger partial charge in [0.25, 0.3) is 0 Å². The summed E-state index contributed by atoms with van der Waals surface area (Å²) in [4.78, 5) is 0. The number of hydrogen-bond donors (Lipinski definition) is 0. The van der Waals surface area contributed by atoms with E-state index in [0.29, 0.717) is 6.61 Å². The molecule has 0 bridgehead atoms. The maximum absolute atomic E-state index is 5.69. The van der Waals surface area contributed by atoms with Gasteiger partial charge in [-0.3, -0.25) is 0 Å². The highest BCUT2D eigenvalue weighted by atomic mass is 16.5. The van der Waals surface area contributed by atoms with Crippen LogP contribution in [0, 0.1) is 6.92 Å². The van der Waals surface area contributed by atoms with E-state index in [0.717, 1.165) is 5.75 Å². The Morgan fingerprint density at radius 3 is 2.80 bits per heavy atom. The lowest BCUT2D eigenvalue weighted by atomic mass is 9.95. The first kappa shape index (κ1) is 8.54. The molecule has 0 spiro atoms. The van der Waals surface area contributed by atoms with Crippen molar-refractivity contribution in [2.24, 2.45) is 0 Å². The van der Waals surface area contributed by atoms with Crippen molar-refractivity contribution in [1.82, 2.24) is 0 Å². The summed E-state index contributed by atoms with van der Waals surface area (Å²) in [6.45, 7) is 2.81. The number of benzene rings is 2. The molecule has 3 rings (SSSR count). The molecule has 74 valence electrons. The van der Waals surface area contributed by atoms with Crippen LogP contribution in [-0.4, -0.2) is 0 Å². The van der Waals surface area contributed by atoms with Gasteiger partial charge in [-0.15, -0.1) is 0 Å². The molecule has 0 unspecified atom stereocenters. The van der Waals surface area contributed by atoms with Gasteiger partial charge >= 0.3 is 0 Å². The fourth-order valence-electron chi connectivity index (χ4n) is 2.04. The standard InChI is InChI=1S/C14H12O/c1-10-6-7-11-9-15-14-5-3-2-4-12(14)13(11)8-10/h2-8H,9H2,1H3. The van der Waals surface area contributed by atoms with Crippen molar-refractivity contribution in [3.8, 4) is 16.9 Å². The van der Waals surface area contributed by atoms with E-state index in [4.69, 9.17) is 4.74 Å². The predicted octanol–water partition coefficient (Wildman–Crippen LogP) is 3.55. The summed E-state index contributed by atoms with van der Waals surface area (Å²) in [5.41, 5.74) is 5.10. The van der Waals surface area contributed by atoms with Crippen LogP contribution in [0.2, 0.25) is 0 Å². The fourth-order valence-corrected chi connectivity index (χ4v) is 2.04. The molecule has 0 atom stereocenters. The van der Waals surface area contributed by atoms with E-state index in [2.05, 4.69) is 37.3 Å². The molecule has 1 aliphatic heterocycles. The van der Waals surface area contributed by atoms with Crippen molar-refractivity contribution in [3.63, 3.8) is 0 Å². The smallest absolute Gasteiger partial charge is 0.127 e. The highest BCUT2D eigenvalue weighted by molar-refractivity contribution is 5.75. The van der Waals surface area contributed by atoms with E-state index in [9.17, 15) is 0 Å². The fraction of sp³-hybridized carbons (Fsp3) is 0.143. The minimum Gasteiger partial charge on any atom is -0.488 e. The molecule has 15 heavy (non-hydrogen) atoms. The molecule has 1 nitrogen and oxygen atoms in total. The van der Waals surface area contributed by atoms with Crippen molar-refractivity contribution in [2.45, 2.75) is 13.5 Å². The summed E-state index contributed by atoms with van der Waals surface area (Å²) in [6, 6.07) is 14.7. The summed E-state index contributed by atoms with van der Waals surface area (Å²) in [5.74, 6) is 0.996. The lowest BCUT2D eigenvalue weighted by molar-refractivity contribution is 0.302. The third-order valence-corrected chi connectivity index (χ3v) is 2.83. The van der Waals surface area contributed by atoms with Gasteiger partial charge in [-0.2, -0.15) is 0 Å². The van der Waals surface area contributed by atoms with Gasteiger partial charge in [0, 0.05) is 5.56 Å². The monoisotopic (exact) mass is 196 g/mol. The molecule has 2 aromatic rings. The first-order chi connectivity index (χ1) is 7.34. The molecule has 0 radical (unpaired) electrons. The number of aryl methyl sites for hydroxylation is 1. The maximum atomic E-state index is 5.69. The second-order valence-corrected chi connectivity index (χ2v) is 3.95. The minimum atomic E-state index is 0.687. The average molecular weight is 196 g/mol. The second-order valence-electron chi connectivity index (χ2n) is 3.95. The zero-order valence-electron chi connectivity index (χ0n) is 8.66. The Morgan fingerprint density at radius 2 is 1.87 bits per heavy atom. The van der Waals surface area contributed by atoms with Crippen LogP contribution >= 0.6 is 0 Å². The van der Waals surface area contributed by atoms with Crippen LogP contribution in [0.3, 0.4) is 0 Å². The Labute approximate surface area is 89.3 Å². The van der Waals surface area contributed by atoms with Gasteiger partial charge in [0.15, 0.2) is 0 Å². The van der Waals surface area contributed by atoms with Crippen molar-refractivity contribution in [2.75, 3.05) is 0 Å². The number of rotatable bonds is 0. The molecule has 0 N–H and O–H groups in total. The van der Waals surface area contributed by atoms with Gasteiger partial charge in [-0.05, 0) is 24.1 Å². The molecule has 0 aliphatic carbocycles. The predicted molar refractivity (Wildman–Crippen MR) is 60.9 cm³/mol. The highest BCUT2D eigenvalue weighted by Gasteiger charge is 2.15. The van der Waals surface area contributed by atoms with Crippen molar-refractivity contribution < 1.29 is 4.74 Å². The second kappa shape index (κ2) is 3.13. The van der Waals surface area contributed by atoms with Gasteiger partial charge < -0.3 is 4.74 Å². The zero-order valence-corrected chi connectivity index (χ0v) is 8.66. The third kappa shape index (κ3) is 1.32. The van der Waals surface area contributed by atoms with Crippen LogP contribution < -0.4 is 4.74 Å². The number of hydrogen-bond acceptors (Lipinski definition) is 1. The summed E-state index contributed by atoms with van der Waals surface area (Å²) in [5, 5.41) is 0.